The quantitative estimate of drug-likeness (QED) is 0.679. The summed E-state index contributed by atoms with van der Waals surface area (Å²) in [6, 6.07) is 10.5. The van der Waals surface area contributed by atoms with Crippen molar-refractivity contribution < 1.29 is 14.3 Å². The molecule has 1 amide bonds. The predicted molar refractivity (Wildman–Crippen MR) is 89.0 cm³/mol. The molecule has 116 valence electrons. The highest BCUT2D eigenvalue weighted by Gasteiger charge is 2.14. The molecule has 1 aromatic carbocycles. The van der Waals surface area contributed by atoms with Crippen LogP contribution in [0.1, 0.15) is 4.88 Å². The number of hydrogen-bond donors (Lipinski definition) is 1. The molecule has 3 rings (SSSR count). The Morgan fingerprint density at radius 2 is 2.04 bits per heavy atom. The highest BCUT2D eigenvalue weighted by atomic mass is 35.5. The van der Waals surface area contributed by atoms with Gasteiger partial charge in [0.2, 0.25) is 0 Å². The zero-order valence-corrected chi connectivity index (χ0v) is 13.4. The number of nitrogens with one attached hydrogen (secondary N) is 1. The largest absolute Gasteiger partial charge is 0.486 e. The van der Waals surface area contributed by atoms with E-state index < -0.39 is 5.91 Å². The van der Waals surface area contributed by atoms with Crippen molar-refractivity contribution in [1.29, 1.82) is 5.26 Å². The van der Waals surface area contributed by atoms with Crippen LogP contribution in [0.25, 0.3) is 6.08 Å². The highest BCUT2D eigenvalue weighted by molar-refractivity contribution is 7.17. The molecule has 1 aromatic heterocycles. The number of halogens is 1. The second-order valence-electron chi connectivity index (χ2n) is 4.62. The number of ether oxygens (including phenoxy) is 2. The van der Waals surface area contributed by atoms with Gasteiger partial charge in [0.15, 0.2) is 11.5 Å². The van der Waals surface area contributed by atoms with Gasteiger partial charge < -0.3 is 14.8 Å². The zero-order chi connectivity index (χ0) is 16.2. The predicted octanol–water partition coefficient (Wildman–Crippen LogP) is 3.72. The van der Waals surface area contributed by atoms with Gasteiger partial charge in [-0.1, -0.05) is 11.6 Å². The van der Waals surface area contributed by atoms with Gasteiger partial charge in [-0.3, -0.25) is 4.79 Å². The molecule has 0 radical (unpaired) electrons. The Balaban J connectivity index is 1.77. The topological polar surface area (TPSA) is 71.4 Å². The third kappa shape index (κ3) is 3.65. The molecule has 2 heterocycles. The maximum atomic E-state index is 12.2. The standard InChI is InChI=1S/C16H11ClN2O3S/c17-15-4-2-12(23-15)7-10(9-18)16(20)19-11-1-3-13-14(8-11)22-6-5-21-13/h1-4,7-8H,5-6H2,(H,19,20)/b10-7+. The summed E-state index contributed by atoms with van der Waals surface area (Å²) in [6.07, 6.45) is 1.50. The lowest BCUT2D eigenvalue weighted by Crippen LogP contribution is -2.17. The Hall–Kier alpha value is -2.49. The summed E-state index contributed by atoms with van der Waals surface area (Å²) in [7, 11) is 0. The SMILES string of the molecule is N#C/C(=C\c1ccc(Cl)s1)C(=O)Nc1ccc2c(c1)OCCO2. The number of hydrogen-bond acceptors (Lipinski definition) is 5. The van der Waals surface area contributed by atoms with Gasteiger partial charge in [-0.15, -0.1) is 11.3 Å². The van der Waals surface area contributed by atoms with Crippen molar-refractivity contribution in [3.63, 3.8) is 0 Å². The van der Waals surface area contributed by atoms with E-state index in [1.54, 1.807) is 30.3 Å². The van der Waals surface area contributed by atoms with E-state index in [1.165, 1.54) is 17.4 Å². The summed E-state index contributed by atoms with van der Waals surface area (Å²) in [5.41, 5.74) is 0.531. The third-order valence-electron chi connectivity index (χ3n) is 3.05. The maximum absolute atomic E-state index is 12.2. The average Bonchev–Trinajstić information content (AvgIpc) is 2.97. The number of carbonyl (C=O) groups excluding carboxylic acids is 1. The van der Waals surface area contributed by atoms with E-state index >= 15 is 0 Å². The number of nitriles is 1. The number of thiophene rings is 1. The lowest BCUT2D eigenvalue weighted by Gasteiger charge is -2.18. The van der Waals surface area contributed by atoms with E-state index in [-0.39, 0.29) is 5.57 Å². The lowest BCUT2D eigenvalue weighted by atomic mass is 10.2. The molecule has 1 aliphatic heterocycles. The van der Waals surface area contributed by atoms with Crippen molar-refractivity contribution in [2.45, 2.75) is 0 Å². The first-order chi connectivity index (χ1) is 11.2. The number of rotatable bonds is 3. The molecule has 23 heavy (non-hydrogen) atoms. The first-order valence-corrected chi connectivity index (χ1v) is 7.93. The van der Waals surface area contributed by atoms with Crippen LogP contribution in [-0.2, 0) is 4.79 Å². The van der Waals surface area contributed by atoms with Crippen LogP contribution in [0, 0.1) is 11.3 Å². The molecule has 5 nitrogen and oxygen atoms in total. The van der Waals surface area contributed by atoms with Gasteiger partial charge in [-0.25, -0.2) is 0 Å². The van der Waals surface area contributed by atoms with Gasteiger partial charge in [0, 0.05) is 16.6 Å². The van der Waals surface area contributed by atoms with Gasteiger partial charge in [0.05, 0.1) is 4.34 Å². The van der Waals surface area contributed by atoms with Gasteiger partial charge in [0.25, 0.3) is 5.91 Å². The van der Waals surface area contributed by atoms with E-state index in [4.69, 9.17) is 21.1 Å². The minimum absolute atomic E-state index is 0.00148. The monoisotopic (exact) mass is 346 g/mol. The number of fused-ring (bicyclic) bond motifs is 1. The Morgan fingerprint density at radius 1 is 1.26 bits per heavy atom. The van der Waals surface area contributed by atoms with Crippen LogP contribution in [-0.4, -0.2) is 19.1 Å². The van der Waals surface area contributed by atoms with E-state index in [9.17, 15) is 10.1 Å². The number of benzene rings is 1. The van der Waals surface area contributed by atoms with Gasteiger partial charge >= 0.3 is 0 Å². The van der Waals surface area contributed by atoms with Crippen molar-refractivity contribution in [1.82, 2.24) is 0 Å². The summed E-state index contributed by atoms with van der Waals surface area (Å²) in [4.78, 5) is 13.0. The molecule has 0 aliphatic carbocycles. The summed E-state index contributed by atoms with van der Waals surface area (Å²) in [6.45, 7) is 0.969. The minimum Gasteiger partial charge on any atom is -0.486 e. The number of nitrogens with zero attached hydrogens (tertiary/aromatic N) is 1. The fourth-order valence-corrected chi connectivity index (χ4v) is 3.02. The van der Waals surface area contributed by atoms with Crippen LogP contribution >= 0.6 is 22.9 Å². The summed E-state index contributed by atoms with van der Waals surface area (Å²) in [5, 5.41) is 11.9. The molecule has 1 N–H and O–H groups in total. The molecule has 0 fully saturated rings. The Kier molecular flexibility index (Phi) is 4.51. The van der Waals surface area contributed by atoms with Crippen LogP contribution in [0.15, 0.2) is 35.9 Å². The van der Waals surface area contributed by atoms with Crippen LogP contribution < -0.4 is 14.8 Å². The Labute approximate surface area is 141 Å². The lowest BCUT2D eigenvalue weighted by molar-refractivity contribution is -0.112. The molecule has 2 aromatic rings. The van der Waals surface area contributed by atoms with Crippen molar-refractivity contribution in [3.05, 3.63) is 45.1 Å². The molecule has 0 unspecified atom stereocenters. The molecule has 1 aliphatic rings. The fourth-order valence-electron chi connectivity index (χ4n) is 2.02. The van der Waals surface area contributed by atoms with Crippen LogP contribution in [0.3, 0.4) is 0 Å². The fraction of sp³-hybridized carbons (Fsp3) is 0.125. The summed E-state index contributed by atoms with van der Waals surface area (Å²) >= 11 is 7.14. The van der Waals surface area contributed by atoms with E-state index in [0.29, 0.717) is 34.7 Å². The molecular formula is C16H11ClN2O3S. The average molecular weight is 347 g/mol. The van der Waals surface area contributed by atoms with E-state index in [1.807, 2.05) is 6.07 Å². The van der Waals surface area contributed by atoms with E-state index in [2.05, 4.69) is 5.32 Å². The number of anilines is 1. The van der Waals surface area contributed by atoms with Gasteiger partial charge in [-0.05, 0) is 30.3 Å². The van der Waals surface area contributed by atoms with Crippen molar-refractivity contribution in [3.8, 4) is 17.6 Å². The zero-order valence-electron chi connectivity index (χ0n) is 11.8. The van der Waals surface area contributed by atoms with Crippen molar-refractivity contribution in [2.24, 2.45) is 0 Å². The molecular weight excluding hydrogens is 336 g/mol. The first kappa shape index (κ1) is 15.4. The highest BCUT2D eigenvalue weighted by Crippen LogP contribution is 2.32. The molecule has 0 saturated heterocycles. The Morgan fingerprint density at radius 3 is 2.74 bits per heavy atom. The van der Waals surface area contributed by atoms with Crippen LogP contribution in [0.2, 0.25) is 4.34 Å². The Bertz CT molecular complexity index is 823. The van der Waals surface area contributed by atoms with Crippen LogP contribution in [0.4, 0.5) is 5.69 Å². The van der Waals surface area contributed by atoms with Crippen molar-refractivity contribution in [2.75, 3.05) is 18.5 Å². The molecule has 0 bridgehead atoms. The van der Waals surface area contributed by atoms with Gasteiger partial charge in [-0.2, -0.15) is 5.26 Å². The number of amides is 1. The summed E-state index contributed by atoms with van der Waals surface area (Å²) < 4.78 is 11.5. The molecule has 0 spiro atoms. The molecule has 0 saturated carbocycles. The van der Waals surface area contributed by atoms with Gasteiger partial charge in [0.1, 0.15) is 24.9 Å². The summed E-state index contributed by atoms with van der Waals surface area (Å²) in [5.74, 6) is 0.716. The third-order valence-corrected chi connectivity index (χ3v) is 4.22. The molecule has 0 atom stereocenters. The molecule has 7 heteroatoms. The first-order valence-electron chi connectivity index (χ1n) is 6.74. The van der Waals surface area contributed by atoms with Crippen LogP contribution in [0.5, 0.6) is 11.5 Å². The van der Waals surface area contributed by atoms with E-state index in [0.717, 1.165) is 4.88 Å². The smallest absolute Gasteiger partial charge is 0.266 e. The second-order valence-corrected chi connectivity index (χ2v) is 6.37. The van der Waals surface area contributed by atoms with Crippen molar-refractivity contribution >= 4 is 40.6 Å². The normalized spacial score (nSPS) is 13.3. The second kappa shape index (κ2) is 6.73. The minimum atomic E-state index is -0.492. The maximum Gasteiger partial charge on any atom is 0.266 e. The number of carbonyl (C=O) groups is 1.